The van der Waals surface area contributed by atoms with Gasteiger partial charge in [-0.2, -0.15) is 0 Å². The third-order valence-electron chi connectivity index (χ3n) is 3.62. The van der Waals surface area contributed by atoms with E-state index in [9.17, 15) is 18.5 Å². The molecule has 21 heavy (non-hydrogen) atoms. The van der Waals surface area contributed by atoms with Gasteiger partial charge in [0.15, 0.2) is 0 Å². The van der Waals surface area contributed by atoms with Crippen molar-refractivity contribution in [1.82, 2.24) is 5.32 Å². The summed E-state index contributed by atoms with van der Waals surface area (Å²) in [5.74, 6) is 0.109. The highest BCUT2D eigenvalue weighted by Gasteiger charge is 2.23. The van der Waals surface area contributed by atoms with Gasteiger partial charge in [0, 0.05) is 6.07 Å². The van der Waals surface area contributed by atoms with Gasteiger partial charge in [0.25, 0.3) is 5.69 Å². The number of nitrogens with one attached hydrogen (secondary N) is 2. The van der Waals surface area contributed by atoms with E-state index in [1.165, 1.54) is 19.1 Å². The summed E-state index contributed by atoms with van der Waals surface area (Å²) in [5, 5.41) is 14.1. The third-order valence-corrected chi connectivity index (χ3v) is 5.06. The molecule has 0 bridgehead atoms. The Balaban J connectivity index is 2.13. The molecular weight excluding hydrogens is 294 g/mol. The van der Waals surface area contributed by atoms with Gasteiger partial charge < -0.3 is 5.32 Å². The Morgan fingerprint density at radius 1 is 1.48 bits per heavy atom. The second-order valence-corrected chi connectivity index (χ2v) is 7.07. The average molecular weight is 313 g/mol. The van der Waals surface area contributed by atoms with Gasteiger partial charge in [0.05, 0.1) is 21.9 Å². The number of anilines is 1. The van der Waals surface area contributed by atoms with Crippen molar-refractivity contribution in [3.8, 4) is 0 Å². The lowest BCUT2D eigenvalue weighted by Gasteiger charge is -2.22. The first-order chi connectivity index (χ1) is 9.89. The quantitative estimate of drug-likeness (QED) is 0.635. The van der Waals surface area contributed by atoms with Crippen LogP contribution in [0.3, 0.4) is 0 Å². The van der Waals surface area contributed by atoms with Crippen LogP contribution in [0.2, 0.25) is 0 Å². The Bertz CT molecular complexity index is 624. The molecule has 7 nitrogen and oxygen atoms in total. The van der Waals surface area contributed by atoms with Crippen molar-refractivity contribution in [2.75, 3.05) is 23.6 Å². The Hall–Kier alpha value is -1.67. The van der Waals surface area contributed by atoms with Gasteiger partial charge in [-0.25, -0.2) is 8.42 Å². The SMILES string of the molecule is Cc1c(NS(=O)(=O)CC2CCCNC2)cccc1[N+](=O)[O-]. The van der Waals surface area contributed by atoms with Crippen LogP contribution in [-0.4, -0.2) is 32.2 Å². The maximum Gasteiger partial charge on any atom is 0.274 e. The number of hydrogen-bond acceptors (Lipinski definition) is 5. The summed E-state index contributed by atoms with van der Waals surface area (Å²) < 4.78 is 26.9. The second kappa shape index (κ2) is 6.40. The standard InChI is InChI=1S/C13H19N3O4S/c1-10-12(5-2-6-13(10)16(17)18)15-21(19,20)9-11-4-3-7-14-8-11/h2,5-6,11,14-15H,3-4,7-9H2,1H3. The number of piperidine rings is 1. The Morgan fingerprint density at radius 3 is 2.86 bits per heavy atom. The van der Waals surface area contributed by atoms with Crippen molar-refractivity contribution in [1.29, 1.82) is 0 Å². The van der Waals surface area contributed by atoms with Crippen LogP contribution in [0.15, 0.2) is 18.2 Å². The van der Waals surface area contributed by atoms with E-state index >= 15 is 0 Å². The zero-order valence-electron chi connectivity index (χ0n) is 11.8. The van der Waals surface area contributed by atoms with Crippen molar-refractivity contribution in [2.24, 2.45) is 5.92 Å². The summed E-state index contributed by atoms with van der Waals surface area (Å²) in [7, 11) is -3.51. The van der Waals surface area contributed by atoms with Crippen LogP contribution in [0.5, 0.6) is 0 Å². The first-order valence-corrected chi connectivity index (χ1v) is 8.49. The van der Waals surface area contributed by atoms with Crippen LogP contribution in [0.1, 0.15) is 18.4 Å². The molecule has 0 amide bonds. The maximum absolute atomic E-state index is 12.2. The molecule has 8 heteroatoms. The second-order valence-electron chi connectivity index (χ2n) is 5.30. The number of hydrogen-bond donors (Lipinski definition) is 2. The number of nitro groups is 1. The van der Waals surface area contributed by atoms with Crippen LogP contribution < -0.4 is 10.0 Å². The molecule has 2 N–H and O–H groups in total. The summed E-state index contributed by atoms with van der Waals surface area (Å²) in [6.45, 7) is 3.15. The fourth-order valence-electron chi connectivity index (χ4n) is 2.52. The minimum absolute atomic E-state index is 0.0299. The number of rotatable bonds is 5. The highest BCUT2D eigenvalue weighted by molar-refractivity contribution is 7.92. The normalized spacial score (nSPS) is 19.2. The lowest BCUT2D eigenvalue weighted by molar-refractivity contribution is -0.385. The summed E-state index contributed by atoms with van der Waals surface area (Å²) in [4.78, 5) is 10.4. The van der Waals surface area contributed by atoms with E-state index in [1.54, 1.807) is 6.07 Å². The minimum atomic E-state index is -3.51. The highest BCUT2D eigenvalue weighted by Crippen LogP contribution is 2.26. The average Bonchev–Trinajstić information content (AvgIpc) is 2.41. The zero-order chi connectivity index (χ0) is 15.5. The molecule has 1 aliphatic rings. The lowest BCUT2D eigenvalue weighted by Crippen LogP contribution is -2.35. The molecule has 1 fully saturated rings. The summed E-state index contributed by atoms with van der Waals surface area (Å²) in [6.07, 6.45) is 1.85. The van der Waals surface area contributed by atoms with Crippen LogP contribution >= 0.6 is 0 Å². The fourth-order valence-corrected chi connectivity index (χ4v) is 4.06. The molecule has 0 spiro atoms. The summed E-state index contributed by atoms with van der Waals surface area (Å²) >= 11 is 0. The highest BCUT2D eigenvalue weighted by atomic mass is 32.2. The zero-order valence-corrected chi connectivity index (χ0v) is 12.6. The summed E-state index contributed by atoms with van der Waals surface area (Å²) in [5.41, 5.74) is 0.510. The molecule has 0 radical (unpaired) electrons. The first kappa shape index (κ1) is 15.7. The van der Waals surface area contributed by atoms with Crippen molar-refractivity contribution < 1.29 is 13.3 Å². The van der Waals surface area contributed by atoms with Gasteiger partial charge in [-0.05, 0) is 44.8 Å². The predicted octanol–water partition coefficient (Wildman–Crippen LogP) is 1.64. The van der Waals surface area contributed by atoms with Gasteiger partial charge in [0.1, 0.15) is 0 Å². The lowest BCUT2D eigenvalue weighted by atomic mass is 10.0. The molecule has 0 aliphatic carbocycles. The van der Waals surface area contributed by atoms with Crippen molar-refractivity contribution in [3.05, 3.63) is 33.9 Å². The van der Waals surface area contributed by atoms with Crippen LogP contribution in [0.25, 0.3) is 0 Å². The van der Waals surface area contributed by atoms with E-state index in [4.69, 9.17) is 0 Å². The molecule has 2 rings (SSSR count). The third kappa shape index (κ3) is 4.15. The molecule has 1 heterocycles. The van der Waals surface area contributed by atoms with E-state index < -0.39 is 14.9 Å². The van der Waals surface area contributed by atoms with Gasteiger partial charge in [-0.3, -0.25) is 14.8 Å². The van der Waals surface area contributed by atoms with Gasteiger partial charge in [0.2, 0.25) is 10.0 Å². The molecule has 1 aliphatic heterocycles. The number of sulfonamides is 1. The predicted molar refractivity (Wildman–Crippen MR) is 80.8 cm³/mol. The van der Waals surface area contributed by atoms with Gasteiger partial charge in [-0.15, -0.1) is 0 Å². The monoisotopic (exact) mass is 313 g/mol. The Kier molecular flexibility index (Phi) is 4.79. The molecule has 116 valence electrons. The molecule has 0 saturated carbocycles. The van der Waals surface area contributed by atoms with E-state index in [1.807, 2.05) is 0 Å². The minimum Gasteiger partial charge on any atom is -0.316 e. The number of nitro benzene ring substituents is 1. The molecule has 0 aromatic heterocycles. The number of nitrogens with zero attached hydrogens (tertiary/aromatic N) is 1. The largest absolute Gasteiger partial charge is 0.316 e. The number of benzene rings is 1. The Morgan fingerprint density at radius 2 is 2.24 bits per heavy atom. The topological polar surface area (TPSA) is 101 Å². The van der Waals surface area contributed by atoms with Crippen molar-refractivity contribution in [3.63, 3.8) is 0 Å². The molecule has 1 unspecified atom stereocenters. The molecule has 1 aromatic carbocycles. The van der Waals surface area contributed by atoms with Crippen molar-refractivity contribution >= 4 is 21.4 Å². The van der Waals surface area contributed by atoms with E-state index in [0.29, 0.717) is 12.1 Å². The van der Waals surface area contributed by atoms with Crippen LogP contribution in [0, 0.1) is 23.0 Å². The molecule has 1 saturated heterocycles. The van der Waals surface area contributed by atoms with Gasteiger partial charge >= 0.3 is 0 Å². The van der Waals surface area contributed by atoms with Crippen molar-refractivity contribution in [2.45, 2.75) is 19.8 Å². The molecule has 1 atom stereocenters. The first-order valence-electron chi connectivity index (χ1n) is 6.84. The molecule has 1 aromatic rings. The van der Waals surface area contributed by atoms with E-state index in [2.05, 4.69) is 10.0 Å². The Labute approximate surface area is 123 Å². The van der Waals surface area contributed by atoms with Gasteiger partial charge in [-0.1, -0.05) is 6.07 Å². The van der Waals surface area contributed by atoms with Crippen LogP contribution in [0.4, 0.5) is 11.4 Å². The fraction of sp³-hybridized carbons (Fsp3) is 0.538. The van der Waals surface area contributed by atoms with Crippen LogP contribution in [-0.2, 0) is 10.0 Å². The smallest absolute Gasteiger partial charge is 0.274 e. The van der Waals surface area contributed by atoms with E-state index in [0.717, 1.165) is 19.4 Å². The molecular formula is C13H19N3O4S. The summed E-state index contributed by atoms with van der Waals surface area (Å²) in [6, 6.07) is 4.38. The maximum atomic E-state index is 12.2. The van der Waals surface area contributed by atoms with E-state index in [-0.39, 0.29) is 23.0 Å².